The van der Waals surface area contributed by atoms with E-state index in [1.54, 1.807) is 7.11 Å². The van der Waals surface area contributed by atoms with Crippen LogP contribution in [0, 0.1) is 11.8 Å². The van der Waals surface area contributed by atoms with Crippen LogP contribution in [-0.4, -0.2) is 25.5 Å². The van der Waals surface area contributed by atoms with Gasteiger partial charge in [0.05, 0.1) is 18.9 Å². The van der Waals surface area contributed by atoms with Gasteiger partial charge in [0.15, 0.2) is 0 Å². The van der Waals surface area contributed by atoms with E-state index in [-0.39, 0.29) is 23.7 Å². The lowest BCUT2D eigenvalue weighted by molar-refractivity contribution is -0.126. The first-order valence-corrected chi connectivity index (χ1v) is 9.47. The van der Waals surface area contributed by atoms with E-state index in [1.165, 1.54) is 5.56 Å². The number of anilines is 1. The van der Waals surface area contributed by atoms with Crippen molar-refractivity contribution in [3.8, 4) is 5.75 Å². The minimum absolute atomic E-state index is 0.0329. The highest BCUT2D eigenvalue weighted by Crippen LogP contribution is 2.42. The number of nitrogens with one attached hydrogen (secondary N) is 1. The standard InChI is InChI=1S/C22H24N2O3/c1-27-17-10-8-15(9-11-17)14-23-21(25)18-13-19(18)22(26)24-12-4-6-16-5-2-3-7-20(16)24/h2-3,5,7-11,18-19H,4,6,12-14H2,1H3,(H,23,25). The number of para-hydroxylation sites is 1. The molecule has 2 aliphatic rings. The number of nitrogens with zero attached hydrogens (tertiary/aromatic N) is 1. The Labute approximate surface area is 159 Å². The molecular weight excluding hydrogens is 340 g/mol. The van der Waals surface area contributed by atoms with Crippen LogP contribution in [0.25, 0.3) is 0 Å². The van der Waals surface area contributed by atoms with Gasteiger partial charge in [-0.2, -0.15) is 0 Å². The smallest absolute Gasteiger partial charge is 0.230 e. The van der Waals surface area contributed by atoms with Gasteiger partial charge in [0.2, 0.25) is 11.8 Å². The number of hydrogen-bond acceptors (Lipinski definition) is 3. The summed E-state index contributed by atoms with van der Waals surface area (Å²) in [5.74, 6) is 0.456. The molecule has 1 aliphatic carbocycles. The summed E-state index contributed by atoms with van der Waals surface area (Å²) in [5, 5.41) is 2.95. The van der Waals surface area contributed by atoms with E-state index in [9.17, 15) is 9.59 Å². The maximum atomic E-state index is 12.9. The van der Waals surface area contributed by atoms with Crippen molar-refractivity contribution >= 4 is 17.5 Å². The summed E-state index contributed by atoms with van der Waals surface area (Å²) in [6, 6.07) is 15.7. The molecule has 5 nitrogen and oxygen atoms in total. The van der Waals surface area contributed by atoms with Crippen molar-refractivity contribution in [2.75, 3.05) is 18.6 Å². The van der Waals surface area contributed by atoms with E-state index in [2.05, 4.69) is 11.4 Å². The summed E-state index contributed by atoms with van der Waals surface area (Å²) in [6.45, 7) is 1.21. The Bertz CT molecular complexity index is 847. The van der Waals surface area contributed by atoms with Crippen LogP contribution in [0.2, 0.25) is 0 Å². The van der Waals surface area contributed by atoms with Crippen LogP contribution in [0.4, 0.5) is 5.69 Å². The Morgan fingerprint density at radius 2 is 1.89 bits per heavy atom. The molecule has 0 saturated heterocycles. The molecule has 2 unspecified atom stereocenters. The summed E-state index contributed by atoms with van der Waals surface area (Å²) in [5.41, 5.74) is 3.24. The molecule has 1 heterocycles. The van der Waals surface area contributed by atoms with Gasteiger partial charge < -0.3 is 15.0 Å². The number of benzene rings is 2. The molecular formula is C22H24N2O3. The Morgan fingerprint density at radius 1 is 1.11 bits per heavy atom. The van der Waals surface area contributed by atoms with Crippen molar-refractivity contribution in [1.29, 1.82) is 0 Å². The highest BCUT2D eigenvalue weighted by Gasteiger charge is 2.49. The molecule has 4 rings (SSSR count). The van der Waals surface area contributed by atoms with E-state index in [4.69, 9.17) is 4.74 Å². The number of aryl methyl sites for hydroxylation is 1. The average molecular weight is 364 g/mol. The Morgan fingerprint density at radius 3 is 2.67 bits per heavy atom. The minimum atomic E-state index is -0.204. The molecule has 0 aromatic heterocycles. The zero-order chi connectivity index (χ0) is 18.8. The molecule has 1 fully saturated rings. The molecule has 1 N–H and O–H groups in total. The van der Waals surface area contributed by atoms with Crippen LogP contribution in [0.1, 0.15) is 24.0 Å². The maximum Gasteiger partial charge on any atom is 0.230 e. The summed E-state index contributed by atoms with van der Waals surface area (Å²) < 4.78 is 5.14. The summed E-state index contributed by atoms with van der Waals surface area (Å²) in [7, 11) is 1.63. The van der Waals surface area contributed by atoms with Crippen LogP contribution in [0.15, 0.2) is 48.5 Å². The second kappa shape index (κ2) is 7.43. The third kappa shape index (κ3) is 3.68. The third-order valence-corrected chi connectivity index (χ3v) is 5.45. The highest BCUT2D eigenvalue weighted by molar-refractivity contribution is 6.01. The fourth-order valence-electron chi connectivity index (χ4n) is 3.78. The fraction of sp³-hybridized carbons (Fsp3) is 0.364. The first-order valence-electron chi connectivity index (χ1n) is 9.47. The van der Waals surface area contributed by atoms with Gasteiger partial charge in [-0.3, -0.25) is 9.59 Å². The molecule has 0 bridgehead atoms. The van der Waals surface area contributed by atoms with E-state index in [1.807, 2.05) is 47.4 Å². The van der Waals surface area contributed by atoms with Gasteiger partial charge in [0.1, 0.15) is 5.75 Å². The number of carbonyl (C=O) groups is 2. The lowest BCUT2D eigenvalue weighted by Gasteiger charge is -2.29. The maximum absolute atomic E-state index is 12.9. The fourth-order valence-corrected chi connectivity index (χ4v) is 3.78. The number of rotatable bonds is 5. The molecule has 2 amide bonds. The SMILES string of the molecule is COc1ccc(CNC(=O)C2CC2C(=O)N2CCCc3ccccc32)cc1. The van der Waals surface area contributed by atoms with Crippen molar-refractivity contribution in [3.05, 3.63) is 59.7 Å². The zero-order valence-electron chi connectivity index (χ0n) is 15.5. The average Bonchev–Trinajstić information content (AvgIpc) is 3.52. The second-order valence-corrected chi connectivity index (χ2v) is 7.24. The Hall–Kier alpha value is -2.82. The first-order chi connectivity index (χ1) is 13.2. The van der Waals surface area contributed by atoms with Crippen molar-refractivity contribution in [2.24, 2.45) is 11.8 Å². The second-order valence-electron chi connectivity index (χ2n) is 7.24. The van der Waals surface area contributed by atoms with Gasteiger partial charge in [-0.05, 0) is 48.6 Å². The van der Waals surface area contributed by atoms with Gasteiger partial charge in [-0.1, -0.05) is 30.3 Å². The lowest BCUT2D eigenvalue weighted by atomic mass is 10.0. The predicted molar refractivity (Wildman–Crippen MR) is 104 cm³/mol. The van der Waals surface area contributed by atoms with Gasteiger partial charge in [0.25, 0.3) is 0 Å². The summed E-state index contributed by atoms with van der Waals surface area (Å²) in [6.07, 6.45) is 2.63. The number of hydrogen-bond donors (Lipinski definition) is 1. The monoisotopic (exact) mass is 364 g/mol. The molecule has 1 saturated carbocycles. The molecule has 0 radical (unpaired) electrons. The zero-order valence-corrected chi connectivity index (χ0v) is 15.5. The van der Waals surface area contributed by atoms with E-state index >= 15 is 0 Å². The first kappa shape index (κ1) is 17.6. The van der Waals surface area contributed by atoms with Gasteiger partial charge in [-0.15, -0.1) is 0 Å². The van der Waals surface area contributed by atoms with Gasteiger partial charge in [-0.25, -0.2) is 0 Å². The number of fused-ring (bicyclic) bond motifs is 1. The molecule has 140 valence electrons. The number of ether oxygens (including phenoxy) is 1. The van der Waals surface area contributed by atoms with Gasteiger partial charge >= 0.3 is 0 Å². The molecule has 2 aromatic carbocycles. The van der Waals surface area contributed by atoms with Crippen molar-refractivity contribution in [3.63, 3.8) is 0 Å². The van der Waals surface area contributed by atoms with Crippen LogP contribution in [0.3, 0.4) is 0 Å². The van der Waals surface area contributed by atoms with E-state index in [0.29, 0.717) is 13.0 Å². The van der Waals surface area contributed by atoms with E-state index < -0.39 is 0 Å². The number of methoxy groups -OCH3 is 1. The van der Waals surface area contributed by atoms with E-state index in [0.717, 1.165) is 36.4 Å². The normalized spacial score (nSPS) is 20.6. The largest absolute Gasteiger partial charge is 0.497 e. The van der Waals surface area contributed by atoms with Crippen molar-refractivity contribution in [2.45, 2.75) is 25.8 Å². The van der Waals surface area contributed by atoms with Crippen LogP contribution in [-0.2, 0) is 22.6 Å². The minimum Gasteiger partial charge on any atom is -0.497 e. The quantitative estimate of drug-likeness (QED) is 0.887. The molecule has 27 heavy (non-hydrogen) atoms. The topological polar surface area (TPSA) is 58.6 Å². The molecule has 0 spiro atoms. The lowest BCUT2D eigenvalue weighted by Crippen LogP contribution is -2.37. The van der Waals surface area contributed by atoms with Crippen molar-refractivity contribution < 1.29 is 14.3 Å². The summed E-state index contributed by atoms with van der Waals surface area (Å²) in [4.78, 5) is 27.2. The highest BCUT2D eigenvalue weighted by atomic mass is 16.5. The van der Waals surface area contributed by atoms with Crippen LogP contribution < -0.4 is 15.0 Å². The number of carbonyl (C=O) groups excluding carboxylic acids is 2. The third-order valence-electron chi connectivity index (χ3n) is 5.45. The van der Waals surface area contributed by atoms with Crippen molar-refractivity contribution in [1.82, 2.24) is 5.32 Å². The molecule has 2 atom stereocenters. The Balaban J connectivity index is 1.33. The predicted octanol–water partition coefficient (Wildman–Crippen LogP) is 2.93. The molecule has 2 aromatic rings. The Kier molecular flexibility index (Phi) is 4.84. The van der Waals surface area contributed by atoms with Crippen LogP contribution >= 0.6 is 0 Å². The molecule has 1 aliphatic heterocycles. The summed E-state index contributed by atoms with van der Waals surface area (Å²) >= 11 is 0. The van der Waals surface area contributed by atoms with Crippen LogP contribution in [0.5, 0.6) is 5.75 Å². The molecule has 5 heteroatoms. The number of amides is 2. The van der Waals surface area contributed by atoms with Gasteiger partial charge in [0, 0.05) is 18.8 Å².